The lowest BCUT2D eigenvalue weighted by molar-refractivity contribution is -0.139. The molecule has 1 aliphatic heterocycles. The van der Waals surface area contributed by atoms with Crippen LogP contribution in [0.2, 0.25) is 0 Å². The minimum Gasteiger partial charge on any atom is -0.504 e. The summed E-state index contributed by atoms with van der Waals surface area (Å²) in [5.41, 5.74) is -0.208. The molecule has 3 aliphatic rings. The molecule has 2 aromatic carbocycles. The van der Waals surface area contributed by atoms with Gasteiger partial charge in [0, 0.05) is 17.4 Å². The molecule has 200 valence electrons. The Bertz CT molecular complexity index is 1710. The van der Waals surface area contributed by atoms with Crippen molar-refractivity contribution < 1.29 is 19.4 Å². The molecule has 0 saturated heterocycles. The van der Waals surface area contributed by atoms with Gasteiger partial charge in [-0.1, -0.05) is 43.3 Å². The van der Waals surface area contributed by atoms with Crippen LogP contribution in [-0.2, 0) is 16.1 Å². The van der Waals surface area contributed by atoms with Crippen LogP contribution in [0.5, 0.6) is 11.5 Å². The van der Waals surface area contributed by atoms with E-state index in [1.807, 2.05) is 13.0 Å². The van der Waals surface area contributed by atoms with Gasteiger partial charge in [-0.15, -0.1) is 0 Å². The number of carbonyl (C=O) groups excluding carboxylic acids is 2. The number of aromatic hydroxyl groups is 1. The van der Waals surface area contributed by atoms with Crippen molar-refractivity contribution in [3.8, 4) is 17.2 Å². The number of rotatable bonds is 4. The third-order valence-corrected chi connectivity index (χ3v) is 8.59. The van der Waals surface area contributed by atoms with Crippen LogP contribution < -0.4 is 16.1 Å². The molecule has 1 saturated carbocycles. The van der Waals surface area contributed by atoms with Gasteiger partial charge in [-0.3, -0.25) is 9.59 Å². The van der Waals surface area contributed by atoms with Gasteiger partial charge in [0.25, 0.3) is 0 Å². The highest BCUT2D eigenvalue weighted by Crippen LogP contribution is 2.61. The zero-order valence-corrected chi connectivity index (χ0v) is 22.0. The van der Waals surface area contributed by atoms with E-state index in [0.29, 0.717) is 23.4 Å². The molecule has 1 N–H and O–H groups in total. The van der Waals surface area contributed by atoms with Gasteiger partial charge in [-0.2, -0.15) is 0 Å². The summed E-state index contributed by atoms with van der Waals surface area (Å²) < 4.78 is 9.58. The van der Waals surface area contributed by atoms with E-state index in [1.165, 1.54) is 15.4 Å². The Balaban J connectivity index is 1.60. The highest BCUT2D eigenvalue weighted by atomic mass is 16.5. The van der Waals surface area contributed by atoms with Crippen LogP contribution in [0.15, 0.2) is 81.4 Å². The third-order valence-electron chi connectivity index (χ3n) is 8.59. The van der Waals surface area contributed by atoms with E-state index in [-0.39, 0.29) is 36.0 Å². The number of benzene rings is 2. The molecule has 2 heterocycles. The first-order valence-corrected chi connectivity index (χ1v) is 13.1. The molecule has 39 heavy (non-hydrogen) atoms. The van der Waals surface area contributed by atoms with Crippen molar-refractivity contribution in [1.82, 2.24) is 13.9 Å². The number of fused-ring (bicyclic) bond motifs is 4. The van der Waals surface area contributed by atoms with Crippen LogP contribution in [-0.4, -0.2) is 37.2 Å². The van der Waals surface area contributed by atoms with E-state index < -0.39 is 34.7 Å². The smallest absolute Gasteiger partial charge is 0.352 e. The Hall–Kier alpha value is -4.40. The molecule has 0 amide bonds. The Labute approximate surface area is 224 Å². The van der Waals surface area contributed by atoms with Crippen molar-refractivity contribution >= 4 is 11.6 Å². The molecule has 9 heteroatoms. The van der Waals surface area contributed by atoms with Crippen LogP contribution in [0, 0.1) is 11.3 Å². The molecule has 4 atom stereocenters. The molecule has 0 unspecified atom stereocenters. The number of hydrogen-bond acceptors (Lipinski definition) is 6. The minimum atomic E-state index is -1.20. The molecule has 0 bridgehead atoms. The van der Waals surface area contributed by atoms with E-state index in [1.54, 1.807) is 62.4 Å². The summed E-state index contributed by atoms with van der Waals surface area (Å²) in [4.78, 5) is 54.6. The van der Waals surface area contributed by atoms with E-state index in [0.717, 1.165) is 10.1 Å². The van der Waals surface area contributed by atoms with E-state index in [4.69, 9.17) is 4.74 Å². The van der Waals surface area contributed by atoms with Crippen molar-refractivity contribution in [3.63, 3.8) is 0 Å². The molecule has 9 nitrogen and oxygen atoms in total. The zero-order valence-electron chi connectivity index (χ0n) is 22.0. The fraction of sp³-hybridized carbons (Fsp3) is 0.333. The lowest BCUT2D eigenvalue weighted by atomic mass is 9.51. The van der Waals surface area contributed by atoms with Gasteiger partial charge < -0.3 is 9.84 Å². The van der Waals surface area contributed by atoms with E-state index in [9.17, 15) is 24.3 Å². The fourth-order valence-electron chi connectivity index (χ4n) is 6.73. The number of ether oxygens (including phenoxy) is 1. The van der Waals surface area contributed by atoms with Crippen molar-refractivity contribution in [3.05, 3.63) is 98.4 Å². The molecule has 0 spiro atoms. The minimum absolute atomic E-state index is 0.102. The lowest BCUT2D eigenvalue weighted by Crippen LogP contribution is -2.54. The second-order valence-corrected chi connectivity index (χ2v) is 10.6. The number of aromatic nitrogens is 3. The first kappa shape index (κ1) is 24.9. The van der Waals surface area contributed by atoms with Gasteiger partial charge in [-0.25, -0.2) is 23.5 Å². The predicted octanol–water partition coefficient (Wildman–Crippen LogP) is 3.29. The van der Waals surface area contributed by atoms with Crippen molar-refractivity contribution in [1.29, 1.82) is 0 Å². The average molecular weight is 528 g/mol. The monoisotopic (exact) mass is 527 g/mol. The van der Waals surface area contributed by atoms with Gasteiger partial charge in [0.2, 0.25) is 0 Å². The standard InChI is InChI=1S/C30H29N3O6/c1-4-39-23-12-8-11-20(27(23)36)25-19-13-14-31-28(37)32(18-9-6-5-7-10-18)29(38)33(31)22(19)16-21-26(35)17(2)15-24(34)30(21,25)3/h5-13,15,21-22,25,36H,4,14,16H2,1-3H3/t21-,22+,25+,30-/m0/s1. The lowest BCUT2D eigenvalue weighted by Gasteiger charge is -2.52. The van der Waals surface area contributed by atoms with Gasteiger partial charge in [0.05, 0.1) is 30.3 Å². The normalized spacial score (nSPS) is 25.8. The molecule has 3 aromatic rings. The number of ketones is 2. The topological polar surface area (TPSA) is 113 Å². The van der Waals surface area contributed by atoms with Crippen LogP contribution >= 0.6 is 0 Å². The number of phenolic OH excluding ortho intramolecular Hbond substituents is 1. The molecule has 0 radical (unpaired) electrons. The van der Waals surface area contributed by atoms with Crippen LogP contribution in [0.3, 0.4) is 0 Å². The number of para-hydroxylation sites is 2. The highest BCUT2D eigenvalue weighted by Gasteiger charge is 2.59. The second-order valence-electron chi connectivity index (χ2n) is 10.6. The maximum atomic E-state index is 13.8. The molecule has 2 aliphatic carbocycles. The van der Waals surface area contributed by atoms with Crippen molar-refractivity contribution in [2.24, 2.45) is 11.3 Å². The van der Waals surface area contributed by atoms with E-state index >= 15 is 0 Å². The SMILES string of the molecule is CCOc1cccc([C@H]2C3=CCn4c(=O)n(-c5ccccc5)c(=O)n4[C@@H]3C[C@H]3C(=O)C(C)=CC(=O)[C@@]23C)c1O. The van der Waals surface area contributed by atoms with Crippen molar-refractivity contribution in [2.45, 2.75) is 45.7 Å². The summed E-state index contributed by atoms with van der Waals surface area (Å²) in [7, 11) is 0. The molecular weight excluding hydrogens is 498 g/mol. The molecule has 1 fully saturated rings. The maximum Gasteiger partial charge on any atom is 0.352 e. The number of Topliss-reactive ketones (excluding diaryl/α,β-unsaturated/α-hetero) is 1. The number of allylic oxidation sites excluding steroid dienone is 4. The summed E-state index contributed by atoms with van der Waals surface area (Å²) in [6.45, 7) is 5.65. The zero-order chi connectivity index (χ0) is 27.6. The second kappa shape index (κ2) is 8.83. The number of hydrogen-bond donors (Lipinski definition) is 1. The Morgan fingerprint density at radius 3 is 2.49 bits per heavy atom. The first-order chi connectivity index (χ1) is 18.7. The van der Waals surface area contributed by atoms with Crippen LogP contribution in [0.1, 0.15) is 44.7 Å². The summed E-state index contributed by atoms with van der Waals surface area (Å²) in [5, 5.41) is 11.3. The Morgan fingerprint density at radius 1 is 1.03 bits per heavy atom. The fourth-order valence-corrected chi connectivity index (χ4v) is 6.73. The molecular formula is C30H29N3O6. The summed E-state index contributed by atoms with van der Waals surface area (Å²) in [6, 6.07) is 13.2. The van der Waals surface area contributed by atoms with Gasteiger partial charge in [-0.05, 0) is 55.7 Å². The highest BCUT2D eigenvalue weighted by molar-refractivity contribution is 6.13. The van der Waals surface area contributed by atoms with Gasteiger partial charge in [0.1, 0.15) is 0 Å². The quantitative estimate of drug-likeness (QED) is 0.521. The predicted molar refractivity (Wildman–Crippen MR) is 143 cm³/mol. The Morgan fingerprint density at radius 2 is 1.77 bits per heavy atom. The largest absolute Gasteiger partial charge is 0.504 e. The Kier molecular flexibility index (Phi) is 5.64. The number of nitrogens with zero attached hydrogens (tertiary/aromatic N) is 3. The van der Waals surface area contributed by atoms with E-state index in [2.05, 4.69) is 0 Å². The number of carbonyl (C=O) groups is 2. The number of phenols is 1. The molecule has 1 aromatic heterocycles. The van der Waals surface area contributed by atoms with Gasteiger partial charge in [0.15, 0.2) is 23.1 Å². The summed E-state index contributed by atoms with van der Waals surface area (Å²) >= 11 is 0. The van der Waals surface area contributed by atoms with Crippen molar-refractivity contribution in [2.75, 3.05) is 6.61 Å². The first-order valence-electron chi connectivity index (χ1n) is 13.1. The summed E-state index contributed by atoms with van der Waals surface area (Å²) in [6.07, 6.45) is 3.44. The molecule has 6 rings (SSSR count). The summed E-state index contributed by atoms with van der Waals surface area (Å²) in [5.74, 6) is -1.68. The van der Waals surface area contributed by atoms with Gasteiger partial charge >= 0.3 is 11.4 Å². The van der Waals surface area contributed by atoms with Crippen LogP contribution in [0.4, 0.5) is 0 Å². The third kappa shape index (κ3) is 3.38. The van der Waals surface area contributed by atoms with Crippen LogP contribution in [0.25, 0.3) is 5.69 Å². The maximum absolute atomic E-state index is 13.8. The average Bonchev–Trinajstić information content (AvgIpc) is 3.18.